The summed E-state index contributed by atoms with van der Waals surface area (Å²) in [4.78, 5) is 38.6. The molecule has 7 heteroatoms. The van der Waals surface area contributed by atoms with Crippen molar-refractivity contribution in [2.45, 2.75) is 52.0 Å². The second-order valence-electron chi connectivity index (χ2n) is 7.22. The Kier molecular flexibility index (Phi) is 8.29. The van der Waals surface area contributed by atoms with Gasteiger partial charge in [-0.2, -0.15) is 0 Å². The molecule has 0 aliphatic carbocycles. The van der Waals surface area contributed by atoms with Crippen molar-refractivity contribution in [2.75, 3.05) is 26.2 Å². The van der Waals surface area contributed by atoms with Crippen LogP contribution >= 0.6 is 0 Å². The Labute approximate surface area is 166 Å². The van der Waals surface area contributed by atoms with Crippen molar-refractivity contribution in [3.63, 3.8) is 0 Å². The molecule has 1 saturated heterocycles. The summed E-state index contributed by atoms with van der Waals surface area (Å²) in [6, 6.07) is 7.67. The van der Waals surface area contributed by atoms with Crippen molar-refractivity contribution >= 4 is 17.8 Å². The van der Waals surface area contributed by atoms with Crippen LogP contribution in [-0.2, 0) is 14.4 Å². The molecule has 1 N–H and O–H groups in total. The number of aryl methyl sites for hydroxylation is 1. The number of aliphatic carboxylic acids is 1. The summed E-state index contributed by atoms with van der Waals surface area (Å²) in [5.41, 5.74) is 1.07. The average molecular weight is 390 g/mol. The first-order valence-corrected chi connectivity index (χ1v) is 9.83. The first-order chi connectivity index (χ1) is 13.4. The zero-order valence-corrected chi connectivity index (χ0v) is 16.7. The maximum atomic E-state index is 12.5. The molecule has 1 atom stereocenters. The smallest absolute Gasteiger partial charge is 0.323 e. The molecule has 0 saturated carbocycles. The number of rotatable bonds is 8. The van der Waals surface area contributed by atoms with Gasteiger partial charge >= 0.3 is 5.97 Å². The molecule has 28 heavy (non-hydrogen) atoms. The lowest BCUT2D eigenvalue weighted by molar-refractivity contribution is -0.145. The van der Waals surface area contributed by atoms with E-state index in [0.29, 0.717) is 45.4 Å². The van der Waals surface area contributed by atoms with Gasteiger partial charge in [-0.25, -0.2) is 0 Å². The molecule has 1 unspecified atom stereocenters. The molecule has 0 bridgehead atoms. The highest BCUT2D eigenvalue weighted by Gasteiger charge is 2.27. The molecule has 0 radical (unpaired) electrons. The summed E-state index contributed by atoms with van der Waals surface area (Å²) in [7, 11) is 0. The Morgan fingerprint density at radius 3 is 2.64 bits per heavy atom. The van der Waals surface area contributed by atoms with Crippen LogP contribution < -0.4 is 4.74 Å². The lowest BCUT2D eigenvalue weighted by Crippen LogP contribution is -2.43. The number of ether oxygens (including phenoxy) is 1. The molecule has 1 aromatic rings. The Morgan fingerprint density at radius 2 is 1.96 bits per heavy atom. The van der Waals surface area contributed by atoms with Gasteiger partial charge in [-0.3, -0.25) is 14.4 Å². The van der Waals surface area contributed by atoms with Crippen molar-refractivity contribution in [1.29, 1.82) is 0 Å². The standard InChI is InChI=1S/C21H30N2O5/c1-16-7-3-4-9-19(16)28-14-6-10-20(25)22-12-5-8-18(11-13-22)23(17(2)24)15-21(26)27/h3-4,7,9,18H,5-6,8,10-15H2,1-2H3,(H,26,27). The lowest BCUT2D eigenvalue weighted by Gasteiger charge is -2.28. The minimum Gasteiger partial charge on any atom is -0.493 e. The van der Waals surface area contributed by atoms with Crippen LogP contribution in [-0.4, -0.2) is 65.0 Å². The van der Waals surface area contributed by atoms with Crippen LogP contribution in [0.2, 0.25) is 0 Å². The van der Waals surface area contributed by atoms with Crippen LogP contribution in [0.4, 0.5) is 0 Å². The molecule has 1 fully saturated rings. The van der Waals surface area contributed by atoms with Crippen LogP contribution in [0.3, 0.4) is 0 Å². The highest BCUT2D eigenvalue weighted by atomic mass is 16.5. The molecular formula is C21H30N2O5. The number of hydrogen-bond donors (Lipinski definition) is 1. The van der Waals surface area contributed by atoms with Crippen LogP contribution in [0, 0.1) is 6.92 Å². The van der Waals surface area contributed by atoms with E-state index in [2.05, 4.69) is 0 Å². The SMILES string of the molecule is CC(=O)N(CC(=O)O)C1CCCN(C(=O)CCCOc2ccccc2C)CC1. The van der Waals surface area contributed by atoms with Crippen LogP contribution in [0.15, 0.2) is 24.3 Å². The second kappa shape index (κ2) is 10.7. The van der Waals surface area contributed by atoms with Gasteiger partial charge in [-0.05, 0) is 44.2 Å². The highest BCUT2D eigenvalue weighted by Crippen LogP contribution is 2.19. The molecule has 2 amide bonds. The van der Waals surface area contributed by atoms with E-state index in [1.54, 1.807) is 0 Å². The fourth-order valence-electron chi connectivity index (χ4n) is 3.57. The zero-order valence-electron chi connectivity index (χ0n) is 16.7. The first kappa shape index (κ1) is 21.7. The average Bonchev–Trinajstić information content (AvgIpc) is 2.90. The minimum absolute atomic E-state index is 0.0849. The fourth-order valence-corrected chi connectivity index (χ4v) is 3.57. The van der Waals surface area contributed by atoms with Crippen LogP contribution in [0.5, 0.6) is 5.75 Å². The van der Waals surface area contributed by atoms with E-state index < -0.39 is 5.97 Å². The number of hydrogen-bond acceptors (Lipinski definition) is 4. The van der Waals surface area contributed by atoms with Gasteiger partial charge in [0.15, 0.2) is 0 Å². The number of carbonyl (C=O) groups excluding carboxylic acids is 2. The quantitative estimate of drug-likeness (QED) is 0.689. The summed E-state index contributed by atoms with van der Waals surface area (Å²) in [5.74, 6) is -0.321. The summed E-state index contributed by atoms with van der Waals surface area (Å²) in [6.45, 7) is 4.78. The minimum atomic E-state index is -1.01. The third-order valence-corrected chi connectivity index (χ3v) is 5.09. The lowest BCUT2D eigenvalue weighted by atomic mass is 10.1. The van der Waals surface area contributed by atoms with Crippen LogP contribution in [0.1, 0.15) is 44.6 Å². The normalized spacial score (nSPS) is 16.9. The van der Waals surface area contributed by atoms with Gasteiger partial charge in [0, 0.05) is 32.5 Å². The van der Waals surface area contributed by atoms with E-state index in [-0.39, 0.29) is 24.4 Å². The second-order valence-corrected chi connectivity index (χ2v) is 7.22. The van der Waals surface area contributed by atoms with Gasteiger partial charge in [-0.15, -0.1) is 0 Å². The topological polar surface area (TPSA) is 87.2 Å². The van der Waals surface area contributed by atoms with Crippen molar-refractivity contribution in [3.8, 4) is 5.75 Å². The van der Waals surface area contributed by atoms with E-state index in [1.807, 2.05) is 36.1 Å². The summed E-state index contributed by atoms with van der Waals surface area (Å²) >= 11 is 0. The predicted octanol–water partition coefficient (Wildman–Crippen LogP) is 2.47. The largest absolute Gasteiger partial charge is 0.493 e. The van der Waals surface area contributed by atoms with Crippen molar-refractivity contribution in [1.82, 2.24) is 9.80 Å². The van der Waals surface area contributed by atoms with Gasteiger partial charge < -0.3 is 19.6 Å². The van der Waals surface area contributed by atoms with Gasteiger partial charge in [0.05, 0.1) is 6.61 Å². The molecule has 7 nitrogen and oxygen atoms in total. The van der Waals surface area contributed by atoms with Crippen molar-refractivity contribution < 1.29 is 24.2 Å². The Balaban J connectivity index is 1.78. The number of carboxylic acids is 1. The van der Waals surface area contributed by atoms with Gasteiger partial charge in [-0.1, -0.05) is 18.2 Å². The van der Waals surface area contributed by atoms with Gasteiger partial charge in [0.1, 0.15) is 12.3 Å². The van der Waals surface area contributed by atoms with Gasteiger partial charge in [0.2, 0.25) is 11.8 Å². The molecule has 1 aliphatic heterocycles. The fraction of sp³-hybridized carbons (Fsp3) is 0.571. The summed E-state index contributed by atoms with van der Waals surface area (Å²) in [6.07, 6.45) is 3.15. The molecule has 154 valence electrons. The molecule has 0 aromatic heterocycles. The highest BCUT2D eigenvalue weighted by molar-refractivity contribution is 5.80. The zero-order chi connectivity index (χ0) is 20.5. The number of amides is 2. The molecule has 1 aromatic carbocycles. The number of para-hydroxylation sites is 1. The summed E-state index contributed by atoms with van der Waals surface area (Å²) < 4.78 is 5.74. The third kappa shape index (κ3) is 6.55. The monoisotopic (exact) mass is 390 g/mol. The van der Waals surface area contributed by atoms with E-state index in [4.69, 9.17) is 9.84 Å². The van der Waals surface area contributed by atoms with E-state index >= 15 is 0 Å². The number of benzene rings is 1. The third-order valence-electron chi connectivity index (χ3n) is 5.09. The number of carboxylic acid groups (broad SMARTS) is 1. The molecule has 0 spiro atoms. The van der Waals surface area contributed by atoms with Crippen LogP contribution in [0.25, 0.3) is 0 Å². The Morgan fingerprint density at radius 1 is 1.21 bits per heavy atom. The van der Waals surface area contributed by atoms with Crippen molar-refractivity contribution in [3.05, 3.63) is 29.8 Å². The molecule has 1 heterocycles. The molecule has 1 aliphatic rings. The molecule has 2 rings (SSSR count). The Hall–Kier alpha value is -2.57. The number of likely N-dealkylation sites (tertiary alicyclic amines) is 1. The van der Waals surface area contributed by atoms with E-state index in [1.165, 1.54) is 11.8 Å². The molecular weight excluding hydrogens is 360 g/mol. The number of nitrogens with zero attached hydrogens (tertiary/aromatic N) is 2. The van der Waals surface area contributed by atoms with E-state index in [0.717, 1.165) is 17.7 Å². The maximum absolute atomic E-state index is 12.5. The van der Waals surface area contributed by atoms with E-state index in [9.17, 15) is 14.4 Å². The summed E-state index contributed by atoms with van der Waals surface area (Å²) in [5, 5.41) is 9.02. The van der Waals surface area contributed by atoms with Crippen molar-refractivity contribution in [2.24, 2.45) is 0 Å². The predicted molar refractivity (Wildman–Crippen MR) is 105 cm³/mol. The number of carbonyl (C=O) groups is 3. The maximum Gasteiger partial charge on any atom is 0.323 e. The Bertz CT molecular complexity index is 691. The first-order valence-electron chi connectivity index (χ1n) is 9.83. The van der Waals surface area contributed by atoms with Gasteiger partial charge in [0.25, 0.3) is 0 Å².